The molecule has 5 rings (SSSR count). The van der Waals surface area contributed by atoms with E-state index in [1.165, 1.54) is 25.7 Å². The summed E-state index contributed by atoms with van der Waals surface area (Å²) >= 11 is 0. The first-order valence-electron chi connectivity index (χ1n) is 18.2. The Morgan fingerprint density at radius 3 is 1.83 bits per heavy atom. The molecule has 2 bridgehead atoms. The van der Waals surface area contributed by atoms with Gasteiger partial charge in [0.1, 0.15) is 17.6 Å². The molecule has 2 fully saturated rings. The maximum atomic E-state index is 14.5. The lowest BCUT2D eigenvalue weighted by atomic mass is 9.69. The molecule has 2 saturated carbocycles. The summed E-state index contributed by atoms with van der Waals surface area (Å²) in [6, 6.07) is 20.1. The average molecular weight is 644 g/mol. The third-order valence-electron chi connectivity index (χ3n) is 9.29. The molecular formula is C42H61NO4. The lowest BCUT2D eigenvalue weighted by molar-refractivity contribution is -0.159. The summed E-state index contributed by atoms with van der Waals surface area (Å²) in [5.41, 5.74) is 0.840. The van der Waals surface area contributed by atoms with Gasteiger partial charge in [0.05, 0.1) is 6.61 Å². The first kappa shape index (κ1) is 38.2. The first-order valence-corrected chi connectivity index (χ1v) is 18.2. The lowest BCUT2D eigenvalue weighted by Crippen LogP contribution is -2.45. The van der Waals surface area contributed by atoms with Crippen molar-refractivity contribution in [1.82, 2.24) is 5.32 Å². The fourth-order valence-corrected chi connectivity index (χ4v) is 6.62. The molecule has 5 nitrogen and oxygen atoms in total. The molecule has 0 radical (unpaired) electrons. The molecule has 0 amide bonds. The van der Waals surface area contributed by atoms with Gasteiger partial charge in [0.25, 0.3) is 5.95 Å². The smallest absolute Gasteiger partial charge is 0.321 e. The standard InChI is InChI=1S/C33H44O4.C5H13N.C4H4/c1-23(2)22-35-25(5)36-31(24(3)4)21-33(28-12-8-6-9-13-28,29-14-10-7-11-15-29)32(34)37-30-19-26-16-17-27(18-26)20-30;1-3-5-6-4-2;1-2-4-3-1/h6-15,23-24,26-27,30-31H,5,16-22H2,1-4H3;6H,3-5H2,1-2H3;1-2H2. The number of fused-ring (bicyclic) bond motifs is 2. The third-order valence-corrected chi connectivity index (χ3v) is 9.29. The minimum Gasteiger partial charge on any atom is -0.466 e. The molecule has 3 atom stereocenters. The van der Waals surface area contributed by atoms with Gasteiger partial charge < -0.3 is 19.5 Å². The molecule has 1 N–H and O–H groups in total. The van der Waals surface area contributed by atoms with Crippen molar-refractivity contribution >= 4 is 5.97 Å². The second-order valence-corrected chi connectivity index (χ2v) is 14.1. The van der Waals surface area contributed by atoms with Crippen LogP contribution in [0.25, 0.3) is 0 Å². The van der Waals surface area contributed by atoms with E-state index in [0.29, 0.717) is 36.7 Å². The van der Waals surface area contributed by atoms with Gasteiger partial charge in [-0.25, -0.2) is 0 Å². The maximum absolute atomic E-state index is 14.5. The molecule has 2 aromatic carbocycles. The topological polar surface area (TPSA) is 56.8 Å². The molecule has 0 saturated heterocycles. The average Bonchev–Trinajstić information content (AvgIpc) is 3.38. The number of hydrogen-bond acceptors (Lipinski definition) is 5. The predicted octanol–water partition coefficient (Wildman–Crippen LogP) is 9.46. The highest BCUT2D eigenvalue weighted by atomic mass is 16.7. The maximum Gasteiger partial charge on any atom is 0.321 e. The highest BCUT2D eigenvalue weighted by Crippen LogP contribution is 2.45. The van der Waals surface area contributed by atoms with Crippen LogP contribution in [0.3, 0.4) is 0 Å². The van der Waals surface area contributed by atoms with Crippen LogP contribution in [-0.4, -0.2) is 37.9 Å². The summed E-state index contributed by atoms with van der Waals surface area (Å²) in [5.74, 6) is 7.72. The number of nitrogens with one attached hydrogen (secondary N) is 1. The zero-order valence-electron chi connectivity index (χ0n) is 30.1. The Balaban J connectivity index is 0.000000516. The number of benzene rings is 2. The molecule has 3 aliphatic carbocycles. The zero-order chi connectivity index (χ0) is 34.1. The van der Waals surface area contributed by atoms with Crippen LogP contribution in [0, 0.1) is 35.5 Å². The van der Waals surface area contributed by atoms with E-state index in [2.05, 4.69) is 65.3 Å². The molecule has 2 aromatic rings. The molecular weight excluding hydrogens is 582 g/mol. The summed E-state index contributed by atoms with van der Waals surface area (Å²) in [5, 5.41) is 3.20. The molecule has 0 spiro atoms. The summed E-state index contributed by atoms with van der Waals surface area (Å²) in [4.78, 5) is 14.5. The molecule has 47 heavy (non-hydrogen) atoms. The fraction of sp³-hybridized carbons (Fsp3) is 0.595. The quantitative estimate of drug-likeness (QED) is 0.0907. The van der Waals surface area contributed by atoms with Gasteiger partial charge in [-0.3, -0.25) is 4.79 Å². The largest absolute Gasteiger partial charge is 0.466 e. The SMILES string of the molecule is C1#CCC1.C=C(OCC(C)C)OC(CC(C(=O)OC1CC2CCC(C2)C1)(c1ccccc1)c1ccccc1)C(C)C.CCCNCC. The molecule has 0 aliphatic heterocycles. The molecule has 3 aliphatic rings. The van der Waals surface area contributed by atoms with Gasteiger partial charge in [-0.05, 0) is 80.2 Å². The van der Waals surface area contributed by atoms with E-state index in [1.54, 1.807) is 0 Å². The van der Waals surface area contributed by atoms with Crippen LogP contribution >= 0.6 is 0 Å². The minimum absolute atomic E-state index is 0.0201. The van der Waals surface area contributed by atoms with Crippen molar-refractivity contribution in [2.24, 2.45) is 23.7 Å². The Kier molecular flexibility index (Phi) is 16.4. The van der Waals surface area contributed by atoms with E-state index in [1.807, 2.05) is 60.7 Å². The Morgan fingerprint density at radius 1 is 0.894 bits per heavy atom. The van der Waals surface area contributed by atoms with Crippen LogP contribution in [0.4, 0.5) is 0 Å². The monoisotopic (exact) mass is 643 g/mol. The van der Waals surface area contributed by atoms with Crippen molar-refractivity contribution in [2.75, 3.05) is 19.7 Å². The van der Waals surface area contributed by atoms with Crippen LogP contribution in [-0.2, 0) is 24.4 Å². The Morgan fingerprint density at radius 2 is 1.43 bits per heavy atom. The lowest BCUT2D eigenvalue weighted by Gasteiger charge is -2.39. The zero-order valence-corrected chi connectivity index (χ0v) is 30.1. The van der Waals surface area contributed by atoms with Gasteiger partial charge in [-0.2, -0.15) is 0 Å². The number of ether oxygens (including phenoxy) is 3. The summed E-state index contributed by atoms with van der Waals surface area (Å²) in [6.45, 7) is 19.5. The predicted molar refractivity (Wildman–Crippen MR) is 194 cm³/mol. The number of esters is 1. The van der Waals surface area contributed by atoms with Gasteiger partial charge in [0, 0.05) is 19.3 Å². The molecule has 3 unspecified atom stereocenters. The van der Waals surface area contributed by atoms with Crippen molar-refractivity contribution in [3.8, 4) is 11.8 Å². The molecule has 0 aromatic heterocycles. The van der Waals surface area contributed by atoms with Crippen LogP contribution in [0.15, 0.2) is 73.2 Å². The van der Waals surface area contributed by atoms with Gasteiger partial charge in [-0.15, -0.1) is 11.8 Å². The van der Waals surface area contributed by atoms with Crippen molar-refractivity contribution in [3.63, 3.8) is 0 Å². The molecule has 0 heterocycles. The fourth-order valence-electron chi connectivity index (χ4n) is 6.62. The minimum atomic E-state index is -1.01. The van der Waals surface area contributed by atoms with Crippen molar-refractivity contribution in [1.29, 1.82) is 0 Å². The van der Waals surface area contributed by atoms with E-state index >= 15 is 0 Å². The first-order chi connectivity index (χ1) is 22.7. The van der Waals surface area contributed by atoms with Crippen molar-refractivity contribution < 1.29 is 19.0 Å². The van der Waals surface area contributed by atoms with Gasteiger partial charge in [0.2, 0.25) is 0 Å². The van der Waals surface area contributed by atoms with E-state index < -0.39 is 5.41 Å². The summed E-state index contributed by atoms with van der Waals surface area (Å²) in [6.07, 6.45) is 9.42. The number of carbonyl (C=O) groups excluding carboxylic acids is 1. The van der Waals surface area contributed by atoms with E-state index in [-0.39, 0.29) is 24.1 Å². The molecule has 5 heteroatoms. The number of hydrogen-bond donors (Lipinski definition) is 1. The molecule has 258 valence electrons. The van der Waals surface area contributed by atoms with Crippen LogP contribution in [0.5, 0.6) is 0 Å². The van der Waals surface area contributed by atoms with Crippen molar-refractivity contribution in [3.05, 3.63) is 84.3 Å². The second-order valence-electron chi connectivity index (χ2n) is 14.1. The highest BCUT2D eigenvalue weighted by Gasteiger charge is 2.48. The van der Waals surface area contributed by atoms with Gasteiger partial charge >= 0.3 is 5.97 Å². The summed E-state index contributed by atoms with van der Waals surface area (Å²) in [7, 11) is 0. The Labute approximate surface area is 286 Å². The summed E-state index contributed by atoms with van der Waals surface area (Å²) < 4.78 is 18.6. The van der Waals surface area contributed by atoms with Crippen LogP contribution < -0.4 is 5.32 Å². The third kappa shape index (κ3) is 12.1. The second kappa shape index (κ2) is 20.2. The Bertz CT molecular complexity index is 1180. The van der Waals surface area contributed by atoms with E-state index in [4.69, 9.17) is 14.2 Å². The number of carbonyl (C=O) groups is 1. The van der Waals surface area contributed by atoms with Crippen molar-refractivity contribution in [2.45, 2.75) is 117 Å². The highest BCUT2D eigenvalue weighted by molar-refractivity contribution is 5.88. The van der Waals surface area contributed by atoms with Crippen LogP contribution in [0.1, 0.15) is 110 Å². The number of rotatable bonds is 15. The van der Waals surface area contributed by atoms with Gasteiger partial charge in [-0.1, -0.05) is 115 Å². The van der Waals surface area contributed by atoms with Gasteiger partial charge in [0.15, 0.2) is 0 Å². The van der Waals surface area contributed by atoms with Crippen LogP contribution in [0.2, 0.25) is 0 Å². The van der Waals surface area contributed by atoms with E-state index in [9.17, 15) is 4.79 Å². The van der Waals surface area contributed by atoms with E-state index in [0.717, 1.165) is 49.9 Å². The Hall–Kier alpha value is -3.23. The normalized spacial score (nSPS) is 19.9.